The van der Waals surface area contributed by atoms with Crippen LogP contribution >= 0.6 is 11.3 Å². The number of nitrogens with one attached hydrogen (secondary N) is 1. The molecule has 0 spiro atoms. The second-order valence-electron chi connectivity index (χ2n) is 12.5. The van der Waals surface area contributed by atoms with Gasteiger partial charge in [0.1, 0.15) is 34.1 Å². The van der Waals surface area contributed by atoms with Crippen molar-refractivity contribution in [3.8, 4) is 22.3 Å². The van der Waals surface area contributed by atoms with Crippen LogP contribution in [0.4, 0.5) is 4.79 Å². The minimum atomic E-state index is -1.36. The van der Waals surface area contributed by atoms with Crippen LogP contribution in [0.25, 0.3) is 21.5 Å². The molecule has 0 radical (unpaired) electrons. The van der Waals surface area contributed by atoms with Gasteiger partial charge in [-0.05, 0) is 61.3 Å². The number of pyridine rings is 1. The second kappa shape index (κ2) is 12.3. The molecule has 1 saturated carbocycles. The highest BCUT2D eigenvalue weighted by Gasteiger charge is 2.61. The predicted octanol–water partition coefficient (Wildman–Crippen LogP) is 5.06. The zero-order chi connectivity index (χ0) is 31.9. The van der Waals surface area contributed by atoms with Crippen molar-refractivity contribution in [1.29, 1.82) is 0 Å². The lowest BCUT2D eigenvalue weighted by atomic mass is 10.1. The fourth-order valence-corrected chi connectivity index (χ4v) is 7.09. The van der Waals surface area contributed by atoms with Gasteiger partial charge in [-0.1, -0.05) is 26.0 Å². The van der Waals surface area contributed by atoms with Crippen LogP contribution in [0.1, 0.15) is 57.6 Å². The Bertz CT molecular complexity index is 1660. The standard InChI is InChI=1S/C33H39N5O6S/c1-19(2)26-18-45-30(35-26)25-14-20-13-22(43-4)10-11-24(20)29(34-25)44-23-15-27-28(39)36-33(31(40)41)16-21(33)9-7-5-6-8-12-37(3)32(42)38(27)17-23/h7,9-11,13-14,18-19,21,23,27H,5-6,8,12,15-17H2,1-4H3,(H,36,39)(H,40,41)/t21-,23-,27+,33-/m1/s1. The molecule has 6 rings (SSSR count). The summed E-state index contributed by atoms with van der Waals surface area (Å²) in [6, 6.07) is 6.42. The number of urea groups is 1. The Labute approximate surface area is 266 Å². The average molecular weight is 634 g/mol. The zero-order valence-corrected chi connectivity index (χ0v) is 26.8. The molecule has 3 aromatic rings. The van der Waals surface area contributed by atoms with Gasteiger partial charge in [0.2, 0.25) is 11.8 Å². The van der Waals surface area contributed by atoms with Crippen molar-refractivity contribution < 1.29 is 29.0 Å². The summed E-state index contributed by atoms with van der Waals surface area (Å²) in [5.41, 5.74) is 0.283. The van der Waals surface area contributed by atoms with Gasteiger partial charge in [0.05, 0.1) is 19.3 Å². The lowest BCUT2D eigenvalue weighted by Crippen LogP contribution is -2.54. The molecule has 1 aromatic carbocycles. The summed E-state index contributed by atoms with van der Waals surface area (Å²) in [6.45, 7) is 4.89. The number of carboxylic acid groups (broad SMARTS) is 1. The van der Waals surface area contributed by atoms with Crippen LogP contribution in [0.2, 0.25) is 0 Å². The number of allylic oxidation sites excluding steroid dienone is 1. The number of carbonyl (C=O) groups excluding carboxylic acids is 2. The fourth-order valence-electron chi connectivity index (χ4n) is 6.15. The first-order valence-electron chi connectivity index (χ1n) is 15.4. The minimum absolute atomic E-state index is 0.156. The quantitative estimate of drug-likeness (QED) is 0.360. The van der Waals surface area contributed by atoms with E-state index in [9.17, 15) is 19.5 Å². The molecule has 1 aliphatic carbocycles. The third-order valence-corrected chi connectivity index (χ3v) is 9.86. The summed E-state index contributed by atoms with van der Waals surface area (Å²) >= 11 is 1.51. The maximum Gasteiger partial charge on any atom is 0.330 e. The van der Waals surface area contributed by atoms with Crippen LogP contribution in [0.5, 0.6) is 11.6 Å². The molecule has 4 heterocycles. The number of hydrogen-bond acceptors (Lipinski definition) is 8. The van der Waals surface area contributed by atoms with Crippen LogP contribution in [0.3, 0.4) is 0 Å². The largest absolute Gasteiger partial charge is 0.497 e. The van der Waals surface area contributed by atoms with Crippen molar-refractivity contribution in [1.82, 2.24) is 25.1 Å². The van der Waals surface area contributed by atoms with Crippen molar-refractivity contribution >= 4 is 40.0 Å². The van der Waals surface area contributed by atoms with E-state index in [1.807, 2.05) is 41.8 Å². The number of fused-ring (bicyclic) bond motifs is 3. The monoisotopic (exact) mass is 633 g/mol. The van der Waals surface area contributed by atoms with Gasteiger partial charge in [-0.2, -0.15) is 0 Å². The van der Waals surface area contributed by atoms with E-state index in [0.29, 0.717) is 30.3 Å². The van der Waals surface area contributed by atoms with E-state index in [1.54, 1.807) is 19.1 Å². The summed E-state index contributed by atoms with van der Waals surface area (Å²) in [5.74, 6) is -0.495. The highest BCUT2D eigenvalue weighted by molar-refractivity contribution is 7.13. The summed E-state index contributed by atoms with van der Waals surface area (Å²) in [4.78, 5) is 52.5. The van der Waals surface area contributed by atoms with Gasteiger partial charge in [0, 0.05) is 36.7 Å². The van der Waals surface area contributed by atoms with Crippen molar-refractivity contribution in [3.63, 3.8) is 0 Å². The first kappa shape index (κ1) is 30.8. The Morgan fingerprint density at radius 1 is 1.20 bits per heavy atom. The van der Waals surface area contributed by atoms with Gasteiger partial charge in [0.25, 0.3) is 0 Å². The van der Waals surface area contributed by atoms with Gasteiger partial charge in [0.15, 0.2) is 0 Å². The SMILES string of the molecule is COc1ccc2c(O[C@@H]3C[C@H]4C(=O)N[C@]5(C(=O)O)C[C@H]5C=CCCCCN(C)C(=O)N4C3)nc(-c3nc(C(C)C)cs3)cc2c1. The van der Waals surface area contributed by atoms with Crippen LogP contribution in [0.15, 0.2) is 41.8 Å². The third-order valence-electron chi connectivity index (χ3n) is 8.98. The fraction of sp³-hybridized carbons (Fsp3) is 0.485. The van der Waals surface area contributed by atoms with Crippen LogP contribution in [0, 0.1) is 5.92 Å². The van der Waals surface area contributed by atoms with Gasteiger partial charge in [-0.15, -0.1) is 11.3 Å². The molecule has 2 N–H and O–H groups in total. The summed E-state index contributed by atoms with van der Waals surface area (Å²) in [7, 11) is 3.34. The molecule has 0 unspecified atom stereocenters. The van der Waals surface area contributed by atoms with Crippen molar-refractivity contribution in [2.45, 2.75) is 69.6 Å². The number of aliphatic carboxylic acids is 1. The number of ether oxygens (including phenoxy) is 2. The molecule has 2 aliphatic heterocycles. The molecule has 3 amide bonds. The Kier molecular flexibility index (Phi) is 8.43. The molecular weight excluding hydrogens is 594 g/mol. The first-order valence-corrected chi connectivity index (χ1v) is 16.3. The minimum Gasteiger partial charge on any atom is -0.497 e. The number of hydrogen-bond donors (Lipinski definition) is 2. The van der Waals surface area contributed by atoms with Crippen LogP contribution in [-0.4, -0.2) is 87.7 Å². The lowest BCUT2D eigenvalue weighted by Gasteiger charge is -2.29. The molecule has 11 nitrogen and oxygen atoms in total. The van der Waals surface area contributed by atoms with Gasteiger partial charge in [-0.3, -0.25) is 4.79 Å². The number of carbonyl (C=O) groups is 3. The van der Waals surface area contributed by atoms with E-state index in [1.165, 1.54) is 16.2 Å². The number of rotatable bonds is 6. The second-order valence-corrected chi connectivity index (χ2v) is 13.3. The maximum atomic E-state index is 13.7. The molecule has 45 heavy (non-hydrogen) atoms. The first-order chi connectivity index (χ1) is 21.6. The predicted molar refractivity (Wildman–Crippen MR) is 171 cm³/mol. The number of benzene rings is 1. The molecule has 2 fully saturated rings. The molecule has 4 atom stereocenters. The lowest BCUT2D eigenvalue weighted by molar-refractivity contribution is -0.144. The van der Waals surface area contributed by atoms with Crippen molar-refractivity contribution in [2.24, 2.45) is 5.92 Å². The molecular formula is C33H39N5O6S. The highest BCUT2D eigenvalue weighted by atomic mass is 32.1. The van der Waals surface area contributed by atoms with E-state index in [2.05, 4.69) is 19.2 Å². The normalized spacial score (nSPS) is 25.5. The molecule has 3 aliphatic rings. The number of carboxylic acids is 1. The number of nitrogens with zero attached hydrogens (tertiary/aromatic N) is 4. The molecule has 1 saturated heterocycles. The van der Waals surface area contributed by atoms with Crippen LogP contribution < -0.4 is 14.8 Å². The van der Waals surface area contributed by atoms with Gasteiger partial charge < -0.3 is 29.7 Å². The maximum absolute atomic E-state index is 13.7. The number of amides is 3. The van der Waals surface area contributed by atoms with Crippen LogP contribution in [-0.2, 0) is 9.59 Å². The van der Waals surface area contributed by atoms with Gasteiger partial charge >= 0.3 is 12.0 Å². The summed E-state index contributed by atoms with van der Waals surface area (Å²) in [5, 5.41) is 17.3. The van der Waals surface area contributed by atoms with E-state index in [-0.39, 0.29) is 30.8 Å². The van der Waals surface area contributed by atoms with Crippen molar-refractivity contribution in [3.05, 3.63) is 47.5 Å². The molecule has 2 aromatic heterocycles. The third kappa shape index (κ3) is 6.07. The molecule has 12 heteroatoms. The Morgan fingerprint density at radius 2 is 2.02 bits per heavy atom. The van der Waals surface area contributed by atoms with E-state index < -0.39 is 29.6 Å². The van der Waals surface area contributed by atoms with E-state index in [0.717, 1.165) is 40.7 Å². The zero-order valence-electron chi connectivity index (χ0n) is 26.0. The number of thiazole rings is 1. The molecule has 0 bridgehead atoms. The van der Waals surface area contributed by atoms with E-state index in [4.69, 9.17) is 19.4 Å². The van der Waals surface area contributed by atoms with E-state index >= 15 is 0 Å². The van der Waals surface area contributed by atoms with Crippen molar-refractivity contribution in [2.75, 3.05) is 27.2 Å². The highest BCUT2D eigenvalue weighted by Crippen LogP contribution is 2.45. The number of aromatic nitrogens is 2. The molecule has 238 valence electrons. The summed E-state index contributed by atoms with van der Waals surface area (Å²) in [6.07, 6.45) is 6.31. The Balaban J connectivity index is 1.33. The summed E-state index contributed by atoms with van der Waals surface area (Å²) < 4.78 is 12.0. The topological polar surface area (TPSA) is 134 Å². The Morgan fingerprint density at radius 3 is 2.76 bits per heavy atom. The van der Waals surface area contributed by atoms with Gasteiger partial charge in [-0.25, -0.2) is 19.6 Å². The number of methoxy groups -OCH3 is 1. The Hall–Kier alpha value is -4.19. The smallest absolute Gasteiger partial charge is 0.330 e. The average Bonchev–Trinajstić information content (AvgIpc) is 3.33.